The van der Waals surface area contributed by atoms with E-state index >= 15 is 0 Å². The average molecular weight is 413 g/mol. The molecule has 1 amide bonds. The van der Waals surface area contributed by atoms with Crippen LogP contribution < -0.4 is 16.2 Å². The van der Waals surface area contributed by atoms with Crippen molar-refractivity contribution in [1.29, 1.82) is 0 Å². The summed E-state index contributed by atoms with van der Waals surface area (Å²) in [6, 6.07) is 6.91. The number of likely N-dealkylation sites (tertiary alicyclic amines) is 1. The van der Waals surface area contributed by atoms with Crippen molar-refractivity contribution in [3.63, 3.8) is 0 Å². The summed E-state index contributed by atoms with van der Waals surface area (Å²) in [5.41, 5.74) is 12.4. The smallest absolute Gasteiger partial charge is 0.280 e. The van der Waals surface area contributed by atoms with E-state index in [2.05, 4.69) is 9.89 Å². The highest BCUT2D eigenvalue weighted by Crippen LogP contribution is 2.39. The summed E-state index contributed by atoms with van der Waals surface area (Å²) in [7, 11) is 2.04. The maximum Gasteiger partial charge on any atom is 0.280 e. The number of nitrogens with two attached hydrogens (primary N) is 2. The highest BCUT2D eigenvalue weighted by Gasteiger charge is 2.22. The van der Waals surface area contributed by atoms with Gasteiger partial charge in [-0.05, 0) is 43.3 Å². The van der Waals surface area contributed by atoms with Crippen molar-refractivity contribution in [1.82, 2.24) is 4.90 Å². The molecule has 1 aromatic heterocycles. The van der Waals surface area contributed by atoms with E-state index < -0.39 is 5.91 Å². The maximum atomic E-state index is 12.3. The van der Waals surface area contributed by atoms with Crippen molar-refractivity contribution in [3.8, 4) is 16.9 Å². The summed E-state index contributed by atoms with van der Waals surface area (Å²) in [6.45, 7) is 1.79. The Labute approximate surface area is 165 Å². The predicted octanol–water partition coefficient (Wildman–Crippen LogP) is 3.22. The number of hydrogen-bond donors (Lipinski definition) is 2. The van der Waals surface area contributed by atoms with Gasteiger partial charge < -0.3 is 21.1 Å². The van der Waals surface area contributed by atoms with Crippen molar-refractivity contribution in [2.75, 3.05) is 20.1 Å². The number of nitrogens with zero attached hydrogens (tertiary/aromatic N) is 2. The van der Waals surface area contributed by atoms with Crippen molar-refractivity contribution >= 4 is 46.4 Å². The van der Waals surface area contributed by atoms with Crippen LogP contribution in [0.25, 0.3) is 11.1 Å². The number of guanidine groups is 1. The molecule has 1 aliphatic heterocycles. The van der Waals surface area contributed by atoms with Gasteiger partial charge in [0.1, 0.15) is 16.2 Å². The fourth-order valence-corrected chi connectivity index (χ4v) is 4.35. The summed E-state index contributed by atoms with van der Waals surface area (Å²) < 4.78 is 7.17. The van der Waals surface area contributed by atoms with Gasteiger partial charge in [0.25, 0.3) is 5.91 Å². The van der Waals surface area contributed by atoms with E-state index in [4.69, 9.17) is 39.4 Å². The summed E-state index contributed by atoms with van der Waals surface area (Å²) in [5, 5.41) is 0. The number of hydrogen-bond acceptors (Lipinski definition) is 4. The number of likely N-dealkylation sites (N-methyl/N-ethyl adjacent to an activating group) is 1. The molecule has 6 nitrogen and oxygen atoms in total. The molecule has 9 heteroatoms. The van der Waals surface area contributed by atoms with Gasteiger partial charge in [-0.2, -0.15) is 4.99 Å². The number of amides is 1. The zero-order chi connectivity index (χ0) is 18.8. The van der Waals surface area contributed by atoms with E-state index in [1.54, 1.807) is 18.2 Å². The number of rotatable bonds is 4. The predicted molar refractivity (Wildman–Crippen MR) is 106 cm³/mol. The van der Waals surface area contributed by atoms with Crippen LogP contribution in [0.4, 0.5) is 0 Å². The summed E-state index contributed by atoms with van der Waals surface area (Å²) >= 11 is 13.6. The van der Waals surface area contributed by atoms with Crippen LogP contribution in [-0.2, 0) is 0 Å². The third kappa shape index (κ3) is 4.48. The van der Waals surface area contributed by atoms with E-state index in [9.17, 15) is 4.79 Å². The Hall–Kier alpha value is -1.80. The zero-order valence-corrected chi connectivity index (χ0v) is 16.4. The number of halogens is 2. The second-order valence-corrected chi connectivity index (χ2v) is 8.40. The monoisotopic (exact) mass is 412 g/mol. The standard InChI is InChI=1S/C17H18Cl2N4O2S/c1-23-3-2-11(8-23)25-12-5-9(13-7-14(18)26-15(13)19)4-10(6-12)16(24)22-17(20)21/h4-7,11H,2-3,8H2,1H3,(H4,20,21,22,24). The second kappa shape index (κ2) is 7.84. The molecule has 4 N–H and O–H groups in total. The normalized spacial score (nSPS) is 17.3. The van der Waals surface area contributed by atoms with Gasteiger partial charge in [-0.3, -0.25) is 4.79 Å². The topological polar surface area (TPSA) is 93.9 Å². The van der Waals surface area contributed by atoms with Crippen LogP contribution in [0, 0.1) is 0 Å². The molecular weight excluding hydrogens is 395 g/mol. The van der Waals surface area contributed by atoms with Gasteiger partial charge in [0.2, 0.25) is 0 Å². The first kappa shape index (κ1) is 19.0. The van der Waals surface area contributed by atoms with E-state index in [0.29, 0.717) is 20.0 Å². The summed E-state index contributed by atoms with van der Waals surface area (Å²) in [6.07, 6.45) is 0.978. The molecule has 138 valence electrons. The van der Waals surface area contributed by atoms with Gasteiger partial charge in [-0.1, -0.05) is 23.2 Å². The minimum atomic E-state index is -0.544. The molecule has 0 radical (unpaired) electrons. The molecular formula is C17H18Cl2N4O2S. The molecule has 2 aromatic rings. The average Bonchev–Trinajstić information content (AvgIpc) is 3.11. The highest BCUT2D eigenvalue weighted by atomic mass is 35.5. The van der Waals surface area contributed by atoms with Gasteiger partial charge >= 0.3 is 0 Å². The van der Waals surface area contributed by atoms with Crippen LogP contribution in [-0.4, -0.2) is 43.0 Å². The van der Waals surface area contributed by atoms with Crippen LogP contribution in [0.1, 0.15) is 16.8 Å². The van der Waals surface area contributed by atoms with Crippen molar-refractivity contribution in [3.05, 3.63) is 38.5 Å². The molecule has 26 heavy (non-hydrogen) atoms. The minimum absolute atomic E-state index is 0.0582. The number of thiophene rings is 1. The molecule has 0 aliphatic carbocycles. The van der Waals surface area contributed by atoms with Crippen LogP contribution in [0.3, 0.4) is 0 Å². The van der Waals surface area contributed by atoms with Gasteiger partial charge in [-0.25, -0.2) is 0 Å². The van der Waals surface area contributed by atoms with Crippen LogP contribution in [0.5, 0.6) is 5.75 Å². The van der Waals surface area contributed by atoms with Crippen LogP contribution in [0.2, 0.25) is 8.67 Å². The first-order chi connectivity index (χ1) is 12.3. The quantitative estimate of drug-likeness (QED) is 0.593. The molecule has 0 spiro atoms. The number of carbonyl (C=O) groups is 1. The van der Waals surface area contributed by atoms with Crippen LogP contribution in [0.15, 0.2) is 29.3 Å². The van der Waals surface area contributed by atoms with Gasteiger partial charge in [0.15, 0.2) is 5.96 Å². The SMILES string of the molecule is CN1CCC(Oc2cc(C(=O)N=C(N)N)cc(-c3cc(Cl)sc3Cl)c2)C1. The molecule has 3 rings (SSSR count). The lowest BCUT2D eigenvalue weighted by Crippen LogP contribution is -2.24. The number of aliphatic imine (C=N–C) groups is 1. The third-order valence-electron chi connectivity index (χ3n) is 4.00. The molecule has 2 heterocycles. The Morgan fingerprint density at radius 1 is 1.31 bits per heavy atom. The molecule has 1 saturated heterocycles. The van der Waals surface area contributed by atoms with Gasteiger partial charge in [-0.15, -0.1) is 11.3 Å². The minimum Gasteiger partial charge on any atom is -0.489 e. The van der Waals surface area contributed by atoms with Crippen molar-refractivity contribution in [2.45, 2.75) is 12.5 Å². The third-order valence-corrected chi connectivity index (χ3v) is 5.49. The Morgan fingerprint density at radius 3 is 2.65 bits per heavy atom. The van der Waals surface area contributed by atoms with E-state index in [1.807, 2.05) is 13.1 Å². The second-order valence-electron chi connectivity index (χ2n) is 6.12. The zero-order valence-electron chi connectivity index (χ0n) is 14.0. The fourth-order valence-electron chi connectivity index (χ4n) is 2.85. The maximum absolute atomic E-state index is 12.3. The number of ether oxygens (including phenoxy) is 1. The van der Waals surface area contributed by atoms with Crippen molar-refractivity contribution < 1.29 is 9.53 Å². The Kier molecular flexibility index (Phi) is 5.72. The number of benzene rings is 1. The molecule has 1 aromatic carbocycles. The molecule has 1 unspecified atom stereocenters. The fraction of sp³-hybridized carbons (Fsp3) is 0.294. The number of carbonyl (C=O) groups excluding carboxylic acids is 1. The first-order valence-electron chi connectivity index (χ1n) is 7.91. The van der Waals surface area contributed by atoms with Crippen molar-refractivity contribution in [2.24, 2.45) is 16.5 Å². The lowest BCUT2D eigenvalue weighted by Gasteiger charge is -2.15. The van der Waals surface area contributed by atoms with E-state index in [0.717, 1.165) is 30.6 Å². The van der Waals surface area contributed by atoms with Crippen LogP contribution >= 0.6 is 34.5 Å². The molecule has 0 bridgehead atoms. The Balaban J connectivity index is 2.00. The van der Waals surface area contributed by atoms with E-state index in [-0.39, 0.29) is 12.1 Å². The first-order valence-corrected chi connectivity index (χ1v) is 9.48. The summed E-state index contributed by atoms with van der Waals surface area (Å²) in [4.78, 5) is 18.1. The Morgan fingerprint density at radius 2 is 2.08 bits per heavy atom. The molecule has 1 aliphatic rings. The van der Waals surface area contributed by atoms with E-state index in [1.165, 1.54) is 11.3 Å². The molecule has 1 fully saturated rings. The molecule has 0 saturated carbocycles. The lowest BCUT2D eigenvalue weighted by molar-refractivity contribution is 0.100. The highest BCUT2D eigenvalue weighted by molar-refractivity contribution is 7.20. The Bertz CT molecular complexity index is 864. The lowest BCUT2D eigenvalue weighted by atomic mass is 10.0. The van der Waals surface area contributed by atoms with Gasteiger partial charge in [0, 0.05) is 24.2 Å². The molecule has 1 atom stereocenters. The van der Waals surface area contributed by atoms with Gasteiger partial charge in [0.05, 0.1) is 4.34 Å². The summed E-state index contributed by atoms with van der Waals surface area (Å²) in [5.74, 6) is -0.273. The largest absolute Gasteiger partial charge is 0.489 e.